The number of hydrogen-bond donors (Lipinski definition) is 2. The molecule has 1 aromatic rings. The van der Waals surface area contributed by atoms with Crippen molar-refractivity contribution in [1.82, 2.24) is 10.6 Å². The first kappa shape index (κ1) is 18.0. The van der Waals surface area contributed by atoms with Crippen molar-refractivity contribution in [2.45, 2.75) is 39.2 Å². The summed E-state index contributed by atoms with van der Waals surface area (Å²) < 4.78 is 5.34. The van der Waals surface area contributed by atoms with Gasteiger partial charge in [0.15, 0.2) is 6.61 Å². The number of rotatable bonds is 6. The molecule has 0 atom stereocenters. The maximum atomic E-state index is 12.0. The molecule has 1 aliphatic rings. The highest BCUT2D eigenvalue weighted by molar-refractivity contribution is 5.88. The number of allylic oxidation sites excluding steroid dienone is 1. The predicted molar refractivity (Wildman–Crippen MR) is 93.6 cm³/mol. The lowest BCUT2D eigenvalue weighted by molar-refractivity contribution is -0.122. The van der Waals surface area contributed by atoms with Crippen LogP contribution in [0.1, 0.15) is 38.2 Å². The molecule has 2 N–H and O–H groups in total. The molecule has 2 rings (SSSR count). The Morgan fingerprint density at radius 2 is 1.88 bits per heavy atom. The van der Waals surface area contributed by atoms with Crippen molar-refractivity contribution < 1.29 is 14.3 Å². The van der Waals surface area contributed by atoms with E-state index < -0.39 is 0 Å². The van der Waals surface area contributed by atoms with E-state index in [1.54, 1.807) is 25.3 Å². The average Bonchev–Trinajstić information content (AvgIpc) is 2.60. The number of ether oxygens (including phenoxy) is 1. The number of amides is 2. The summed E-state index contributed by atoms with van der Waals surface area (Å²) in [6.45, 7) is 2.74. The number of benzene rings is 1. The smallest absolute Gasteiger partial charge is 0.257 e. The molecule has 0 bridgehead atoms. The van der Waals surface area contributed by atoms with Crippen molar-refractivity contribution in [2.24, 2.45) is 5.92 Å². The fourth-order valence-electron chi connectivity index (χ4n) is 2.63. The fourth-order valence-corrected chi connectivity index (χ4v) is 2.63. The van der Waals surface area contributed by atoms with Crippen LogP contribution in [0.3, 0.4) is 0 Å². The van der Waals surface area contributed by atoms with Crippen LogP contribution in [0, 0.1) is 5.92 Å². The van der Waals surface area contributed by atoms with Crippen molar-refractivity contribution in [3.05, 3.63) is 41.5 Å². The highest BCUT2D eigenvalue weighted by Crippen LogP contribution is 2.27. The molecule has 1 aromatic carbocycles. The van der Waals surface area contributed by atoms with Crippen molar-refractivity contribution in [3.8, 4) is 5.75 Å². The van der Waals surface area contributed by atoms with Crippen LogP contribution >= 0.6 is 0 Å². The topological polar surface area (TPSA) is 67.4 Å². The lowest BCUT2D eigenvalue weighted by Gasteiger charge is -2.19. The zero-order valence-corrected chi connectivity index (χ0v) is 14.4. The molecule has 0 aliphatic heterocycles. The molecule has 24 heavy (non-hydrogen) atoms. The molecule has 1 saturated carbocycles. The van der Waals surface area contributed by atoms with Crippen molar-refractivity contribution >= 4 is 11.8 Å². The molecule has 0 radical (unpaired) electrons. The first-order valence-corrected chi connectivity index (χ1v) is 8.46. The summed E-state index contributed by atoms with van der Waals surface area (Å²) in [6, 6.07) is 7.36. The highest BCUT2D eigenvalue weighted by atomic mass is 16.5. The summed E-state index contributed by atoms with van der Waals surface area (Å²) in [6.07, 6.45) is 6.18. The number of carbonyl (C=O) groups excluding carboxylic acids is 2. The predicted octanol–water partition coefficient (Wildman–Crippen LogP) is 2.56. The van der Waals surface area contributed by atoms with Crippen LogP contribution in [-0.2, 0) is 16.1 Å². The Kier molecular flexibility index (Phi) is 6.85. The Morgan fingerprint density at radius 3 is 2.50 bits per heavy atom. The van der Waals surface area contributed by atoms with Gasteiger partial charge in [-0.25, -0.2) is 0 Å². The molecule has 1 aliphatic carbocycles. The van der Waals surface area contributed by atoms with Gasteiger partial charge < -0.3 is 15.4 Å². The third kappa shape index (κ3) is 6.07. The van der Waals surface area contributed by atoms with E-state index in [0.717, 1.165) is 24.3 Å². The second-order valence-electron chi connectivity index (χ2n) is 6.31. The number of likely N-dealkylation sites (N-methyl/N-ethyl adjacent to an activating group) is 1. The minimum atomic E-state index is -0.170. The van der Waals surface area contributed by atoms with Gasteiger partial charge in [0.05, 0.1) is 0 Å². The van der Waals surface area contributed by atoms with E-state index in [9.17, 15) is 9.59 Å². The SMILES string of the molecule is CNC(=O)COc1ccc(CNC(=O)C=C2CCC(C)CC2)cc1. The molecule has 130 valence electrons. The van der Waals surface area contributed by atoms with Crippen LogP contribution in [0.25, 0.3) is 0 Å². The van der Waals surface area contributed by atoms with E-state index in [-0.39, 0.29) is 18.4 Å². The minimum absolute atomic E-state index is 0.00122. The van der Waals surface area contributed by atoms with E-state index in [4.69, 9.17) is 4.74 Å². The normalized spacial score (nSPS) is 17.1. The summed E-state index contributed by atoms with van der Waals surface area (Å²) in [4.78, 5) is 23.1. The molecule has 2 amide bonds. The molecular weight excluding hydrogens is 304 g/mol. The van der Waals surface area contributed by atoms with Crippen LogP contribution in [0.5, 0.6) is 5.75 Å². The molecular formula is C19H26N2O3. The molecule has 0 heterocycles. The van der Waals surface area contributed by atoms with E-state index in [0.29, 0.717) is 12.3 Å². The highest BCUT2D eigenvalue weighted by Gasteiger charge is 2.13. The molecule has 0 saturated heterocycles. The lowest BCUT2D eigenvalue weighted by atomic mass is 9.87. The largest absolute Gasteiger partial charge is 0.484 e. The van der Waals surface area contributed by atoms with Crippen LogP contribution in [0.2, 0.25) is 0 Å². The molecule has 1 fully saturated rings. The van der Waals surface area contributed by atoms with Crippen molar-refractivity contribution in [3.63, 3.8) is 0 Å². The van der Waals surface area contributed by atoms with Crippen molar-refractivity contribution in [2.75, 3.05) is 13.7 Å². The first-order valence-electron chi connectivity index (χ1n) is 8.46. The lowest BCUT2D eigenvalue weighted by Crippen LogP contribution is -2.24. The van der Waals surface area contributed by atoms with Gasteiger partial charge in [0.25, 0.3) is 5.91 Å². The Hall–Kier alpha value is -2.30. The van der Waals surface area contributed by atoms with Crippen molar-refractivity contribution in [1.29, 1.82) is 0 Å². The molecule has 0 spiro atoms. The maximum absolute atomic E-state index is 12.0. The summed E-state index contributed by atoms with van der Waals surface area (Å²) in [5.74, 6) is 1.21. The Balaban J connectivity index is 1.76. The van der Waals surface area contributed by atoms with Crippen LogP contribution in [0.4, 0.5) is 0 Å². The van der Waals surface area contributed by atoms with Crippen LogP contribution in [-0.4, -0.2) is 25.5 Å². The number of hydrogen-bond acceptors (Lipinski definition) is 3. The van der Waals surface area contributed by atoms with Gasteiger partial charge >= 0.3 is 0 Å². The number of carbonyl (C=O) groups is 2. The van der Waals surface area contributed by atoms with Gasteiger partial charge in [-0.3, -0.25) is 9.59 Å². The van der Waals surface area contributed by atoms with Gasteiger partial charge in [-0.05, 0) is 49.3 Å². The van der Waals surface area contributed by atoms with E-state index in [1.165, 1.54) is 18.4 Å². The third-order valence-corrected chi connectivity index (χ3v) is 4.29. The monoisotopic (exact) mass is 330 g/mol. The summed E-state index contributed by atoms with van der Waals surface area (Å²) >= 11 is 0. The van der Waals surface area contributed by atoms with E-state index in [1.807, 2.05) is 12.1 Å². The van der Waals surface area contributed by atoms with Crippen LogP contribution in [0.15, 0.2) is 35.9 Å². The third-order valence-electron chi connectivity index (χ3n) is 4.29. The van der Waals surface area contributed by atoms with E-state index >= 15 is 0 Å². The summed E-state index contributed by atoms with van der Waals surface area (Å²) in [5.41, 5.74) is 2.25. The maximum Gasteiger partial charge on any atom is 0.257 e. The van der Waals surface area contributed by atoms with Gasteiger partial charge in [-0.2, -0.15) is 0 Å². The standard InChI is InChI=1S/C19H26N2O3/c1-14-3-5-15(6-4-14)11-18(22)21-12-16-7-9-17(10-8-16)24-13-19(23)20-2/h7-11,14H,3-6,12-13H2,1-2H3,(H,20,23)(H,21,22). The van der Waals surface area contributed by atoms with Gasteiger partial charge in [-0.1, -0.05) is 24.6 Å². The molecule has 0 aromatic heterocycles. The first-order chi connectivity index (χ1) is 11.6. The second kappa shape index (κ2) is 9.11. The Bertz CT molecular complexity index is 583. The second-order valence-corrected chi connectivity index (χ2v) is 6.31. The Morgan fingerprint density at radius 1 is 1.21 bits per heavy atom. The van der Waals surface area contributed by atoms with Crippen LogP contribution < -0.4 is 15.4 Å². The van der Waals surface area contributed by atoms with Gasteiger partial charge in [-0.15, -0.1) is 0 Å². The van der Waals surface area contributed by atoms with E-state index in [2.05, 4.69) is 17.6 Å². The molecule has 0 unspecified atom stereocenters. The zero-order chi connectivity index (χ0) is 17.4. The fraction of sp³-hybridized carbons (Fsp3) is 0.474. The molecule has 5 nitrogen and oxygen atoms in total. The zero-order valence-electron chi connectivity index (χ0n) is 14.4. The minimum Gasteiger partial charge on any atom is -0.484 e. The Labute approximate surface area is 143 Å². The number of nitrogens with one attached hydrogen (secondary N) is 2. The summed E-state index contributed by atoms with van der Waals surface area (Å²) in [7, 11) is 1.57. The quantitative estimate of drug-likeness (QED) is 0.788. The van der Waals surface area contributed by atoms with Gasteiger partial charge in [0, 0.05) is 19.7 Å². The summed E-state index contributed by atoms with van der Waals surface area (Å²) in [5, 5.41) is 5.41. The molecule has 5 heteroatoms. The van der Waals surface area contributed by atoms with Gasteiger partial charge in [0.1, 0.15) is 5.75 Å². The average molecular weight is 330 g/mol. The van der Waals surface area contributed by atoms with Gasteiger partial charge in [0.2, 0.25) is 5.91 Å².